The Morgan fingerprint density at radius 1 is 1.17 bits per heavy atom. The Balaban J connectivity index is 1.54. The molecule has 5 heteroatoms. The second-order valence-electron chi connectivity index (χ2n) is 5.38. The molecule has 0 aliphatic carbocycles. The highest BCUT2D eigenvalue weighted by Crippen LogP contribution is 2.16. The highest BCUT2D eigenvalue weighted by molar-refractivity contribution is 5.66. The van der Waals surface area contributed by atoms with Gasteiger partial charge < -0.3 is 14.2 Å². The van der Waals surface area contributed by atoms with Gasteiger partial charge in [-0.1, -0.05) is 18.2 Å². The SMILES string of the molecule is O=C(O)CCCc1ccc(OCc2cn3ccccc3n2)cc1. The van der Waals surface area contributed by atoms with Gasteiger partial charge in [0.15, 0.2) is 0 Å². The molecule has 0 aliphatic heterocycles. The molecule has 1 N–H and O–H groups in total. The Kier molecular flexibility index (Phi) is 4.57. The van der Waals surface area contributed by atoms with Crippen LogP contribution in [0.5, 0.6) is 5.75 Å². The van der Waals surface area contributed by atoms with E-state index in [1.807, 2.05) is 59.3 Å². The average Bonchev–Trinajstić information content (AvgIpc) is 2.97. The molecule has 0 atom stereocenters. The highest BCUT2D eigenvalue weighted by Gasteiger charge is 2.03. The van der Waals surface area contributed by atoms with Crippen LogP contribution in [-0.4, -0.2) is 20.5 Å². The summed E-state index contributed by atoms with van der Waals surface area (Å²) in [7, 11) is 0. The second kappa shape index (κ2) is 6.96. The number of fused-ring (bicyclic) bond motifs is 1. The quantitative estimate of drug-likeness (QED) is 0.727. The monoisotopic (exact) mass is 310 g/mol. The summed E-state index contributed by atoms with van der Waals surface area (Å²) in [5.41, 5.74) is 2.90. The number of nitrogens with zero attached hydrogens (tertiary/aromatic N) is 2. The number of carboxylic acids is 1. The van der Waals surface area contributed by atoms with E-state index in [-0.39, 0.29) is 6.42 Å². The van der Waals surface area contributed by atoms with Crippen molar-refractivity contribution in [1.29, 1.82) is 0 Å². The van der Waals surface area contributed by atoms with Gasteiger partial charge in [-0.25, -0.2) is 4.98 Å². The fraction of sp³-hybridized carbons (Fsp3) is 0.222. The van der Waals surface area contributed by atoms with Gasteiger partial charge in [-0.15, -0.1) is 0 Å². The van der Waals surface area contributed by atoms with Crippen molar-refractivity contribution in [2.45, 2.75) is 25.9 Å². The van der Waals surface area contributed by atoms with Gasteiger partial charge in [0.05, 0.1) is 5.69 Å². The van der Waals surface area contributed by atoms with E-state index in [4.69, 9.17) is 9.84 Å². The third-order valence-corrected chi connectivity index (χ3v) is 3.58. The van der Waals surface area contributed by atoms with Gasteiger partial charge in [0, 0.05) is 18.8 Å². The molecule has 5 nitrogen and oxygen atoms in total. The standard InChI is InChI=1S/C18H18N2O3/c21-18(22)6-3-4-14-7-9-16(10-8-14)23-13-15-12-20-11-2-1-5-17(20)19-15/h1-2,5,7-12H,3-4,6,13H2,(H,21,22). The van der Waals surface area contributed by atoms with Crippen molar-refractivity contribution in [3.05, 3.63) is 66.1 Å². The minimum absolute atomic E-state index is 0.201. The smallest absolute Gasteiger partial charge is 0.303 e. The maximum atomic E-state index is 10.5. The number of hydrogen-bond donors (Lipinski definition) is 1. The second-order valence-corrected chi connectivity index (χ2v) is 5.38. The van der Waals surface area contributed by atoms with E-state index < -0.39 is 5.97 Å². The molecule has 0 unspecified atom stereocenters. The molecule has 2 heterocycles. The fourth-order valence-electron chi connectivity index (χ4n) is 2.41. The van der Waals surface area contributed by atoms with Crippen molar-refractivity contribution in [1.82, 2.24) is 9.38 Å². The topological polar surface area (TPSA) is 63.8 Å². The minimum atomic E-state index is -0.752. The molecule has 2 aromatic heterocycles. The van der Waals surface area contributed by atoms with Crippen molar-refractivity contribution in [3.63, 3.8) is 0 Å². The van der Waals surface area contributed by atoms with Crippen LogP contribution in [0, 0.1) is 0 Å². The number of aliphatic carboxylic acids is 1. The molecule has 3 aromatic rings. The molecule has 118 valence electrons. The molecule has 0 amide bonds. The van der Waals surface area contributed by atoms with Crippen molar-refractivity contribution >= 4 is 11.6 Å². The van der Waals surface area contributed by atoms with Gasteiger partial charge in [0.2, 0.25) is 0 Å². The van der Waals surface area contributed by atoms with E-state index in [1.54, 1.807) is 0 Å². The van der Waals surface area contributed by atoms with Crippen molar-refractivity contribution in [3.8, 4) is 5.75 Å². The number of carboxylic acid groups (broad SMARTS) is 1. The zero-order valence-corrected chi connectivity index (χ0v) is 12.7. The number of carbonyl (C=O) groups is 1. The van der Waals surface area contributed by atoms with Crippen LogP contribution in [0.2, 0.25) is 0 Å². The number of imidazole rings is 1. The number of aryl methyl sites for hydroxylation is 1. The normalized spacial score (nSPS) is 10.8. The summed E-state index contributed by atoms with van der Waals surface area (Å²) in [5.74, 6) is 0.0291. The lowest BCUT2D eigenvalue weighted by Crippen LogP contribution is -1.97. The number of ether oxygens (including phenoxy) is 1. The predicted molar refractivity (Wildman–Crippen MR) is 86.5 cm³/mol. The number of hydrogen-bond acceptors (Lipinski definition) is 3. The lowest BCUT2D eigenvalue weighted by Gasteiger charge is -2.05. The summed E-state index contributed by atoms with van der Waals surface area (Å²) in [4.78, 5) is 15.0. The number of pyridine rings is 1. The molecule has 0 saturated heterocycles. The van der Waals surface area contributed by atoms with E-state index in [0.29, 0.717) is 13.0 Å². The Morgan fingerprint density at radius 3 is 2.74 bits per heavy atom. The first-order chi connectivity index (χ1) is 11.2. The zero-order chi connectivity index (χ0) is 16.1. The van der Waals surface area contributed by atoms with Crippen LogP contribution in [0.25, 0.3) is 5.65 Å². The Labute approximate surface area is 134 Å². The maximum Gasteiger partial charge on any atom is 0.303 e. The van der Waals surface area contributed by atoms with E-state index in [0.717, 1.165) is 29.1 Å². The fourth-order valence-corrected chi connectivity index (χ4v) is 2.41. The van der Waals surface area contributed by atoms with Gasteiger partial charge >= 0.3 is 5.97 Å². The van der Waals surface area contributed by atoms with Crippen LogP contribution < -0.4 is 4.74 Å². The number of benzene rings is 1. The average molecular weight is 310 g/mol. The Bertz CT molecular complexity index is 760. The molecule has 0 spiro atoms. The molecule has 3 rings (SSSR count). The lowest BCUT2D eigenvalue weighted by molar-refractivity contribution is -0.137. The van der Waals surface area contributed by atoms with E-state index in [1.165, 1.54) is 0 Å². The number of aromatic nitrogens is 2. The summed E-state index contributed by atoms with van der Waals surface area (Å²) in [6.07, 6.45) is 5.52. The van der Waals surface area contributed by atoms with Gasteiger partial charge in [-0.05, 0) is 42.7 Å². The predicted octanol–water partition coefficient (Wildman–Crippen LogP) is 3.32. The maximum absolute atomic E-state index is 10.5. The van der Waals surface area contributed by atoms with Crippen LogP contribution >= 0.6 is 0 Å². The molecule has 23 heavy (non-hydrogen) atoms. The summed E-state index contributed by atoms with van der Waals surface area (Å²) < 4.78 is 7.71. The molecule has 1 aromatic carbocycles. The van der Waals surface area contributed by atoms with Crippen molar-refractivity contribution in [2.24, 2.45) is 0 Å². The first-order valence-corrected chi connectivity index (χ1v) is 7.57. The molecule has 0 aliphatic rings. The van der Waals surface area contributed by atoms with Gasteiger partial charge in [-0.2, -0.15) is 0 Å². The largest absolute Gasteiger partial charge is 0.487 e. The molecular weight excluding hydrogens is 292 g/mol. The number of rotatable bonds is 7. The van der Waals surface area contributed by atoms with Crippen LogP contribution in [0.15, 0.2) is 54.9 Å². The summed E-state index contributed by atoms with van der Waals surface area (Å²) in [6.45, 7) is 0.417. The Hall–Kier alpha value is -2.82. The van der Waals surface area contributed by atoms with Crippen molar-refractivity contribution < 1.29 is 14.6 Å². The molecule has 0 fully saturated rings. The van der Waals surface area contributed by atoms with Crippen LogP contribution in [0.4, 0.5) is 0 Å². The van der Waals surface area contributed by atoms with Gasteiger partial charge in [0.1, 0.15) is 18.0 Å². The molecule has 0 saturated carbocycles. The Morgan fingerprint density at radius 2 is 2.00 bits per heavy atom. The summed E-state index contributed by atoms with van der Waals surface area (Å²) >= 11 is 0. The summed E-state index contributed by atoms with van der Waals surface area (Å²) in [5, 5.41) is 8.64. The van der Waals surface area contributed by atoms with Gasteiger partial charge in [-0.3, -0.25) is 4.79 Å². The van der Waals surface area contributed by atoms with Gasteiger partial charge in [0.25, 0.3) is 0 Å². The molecule has 0 radical (unpaired) electrons. The first-order valence-electron chi connectivity index (χ1n) is 7.57. The lowest BCUT2D eigenvalue weighted by atomic mass is 10.1. The van der Waals surface area contributed by atoms with Crippen molar-refractivity contribution in [2.75, 3.05) is 0 Å². The van der Waals surface area contributed by atoms with E-state index in [9.17, 15) is 4.79 Å². The summed E-state index contributed by atoms with van der Waals surface area (Å²) in [6, 6.07) is 13.6. The van der Waals surface area contributed by atoms with E-state index in [2.05, 4.69) is 4.98 Å². The molecule has 0 bridgehead atoms. The highest BCUT2D eigenvalue weighted by atomic mass is 16.5. The minimum Gasteiger partial charge on any atom is -0.487 e. The van der Waals surface area contributed by atoms with Crippen LogP contribution in [-0.2, 0) is 17.8 Å². The first kappa shape index (κ1) is 15.1. The third kappa shape index (κ3) is 4.10. The van der Waals surface area contributed by atoms with E-state index >= 15 is 0 Å². The zero-order valence-electron chi connectivity index (χ0n) is 12.7. The van der Waals surface area contributed by atoms with Crippen LogP contribution in [0.1, 0.15) is 24.1 Å². The third-order valence-electron chi connectivity index (χ3n) is 3.58. The van der Waals surface area contributed by atoms with Crippen LogP contribution in [0.3, 0.4) is 0 Å². The molecular formula is C18H18N2O3.